The standard InChI is InChI=1S/C27H30F2N8O6/c1-16(32-24(38)21-15-36-4-3-30-13-23(36)33-21)25(39)35-7-5-34(6-8-35)22-10-17(28)9-18(11-20(22)29)37-14-19(43-27(37)41)12-31-26(40)42-2/h3-4,9-11,13,15-16,19,22H,5-8,12,14H2,1-2H3,(H,31,40)(H,32,38)/t16-,19?,22?/m0/s1. The first kappa shape index (κ1) is 29.6. The average Bonchev–Trinajstić information content (AvgIpc) is 3.57. The molecule has 2 aromatic heterocycles. The summed E-state index contributed by atoms with van der Waals surface area (Å²) in [5.74, 6) is -2.26. The van der Waals surface area contributed by atoms with E-state index in [9.17, 15) is 23.6 Å². The second-order valence-electron chi connectivity index (χ2n) is 10.1. The normalized spacial score (nSPS) is 21.8. The lowest BCUT2D eigenvalue weighted by atomic mass is 10.1. The SMILES string of the molecule is COC(=O)NCC1CN(C2=CC(F)=CC(N3CCN(C(=O)[C@H](C)NC(=O)c4cn5ccncc5n4)CC3)C(F)=C2)C(=O)O1. The molecule has 0 aromatic carbocycles. The van der Waals surface area contributed by atoms with Gasteiger partial charge >= 0.3 is 12.2 Å². The van der Waals surface area contributed by atoms with Crippen molar-refractivity contribution in [1.82, 2.24) is 39.7 Å². The maximum Gasteiger partial charge on any atom is 0.414 e. The summed E-state index contributed by atoms with van der Waals surface area (Å²) in [6, 6.07) is -1.89. The number of cyclic esters (lactones) is 1. The Hall–Kier alpha value is -4.86. The van der Waals surface area contributed by atoms with Gasteiger partial charge in [0.1, 0.15) is 29.5 Å². The molecule has 43 heavy (non-hydrogen) atoms. The Labute approximate surface area is 244 Å². The molecule has 3 aliphatic rings. The van der Waals surface area contributed by atoms with Crippen LogP contribution in [0, 0.1) is 0 Å². The van der Waals surface area contributed by atoms with Crippen LogP contribution in [0.2, 0.25) is 0 Å². The van der Waals surface area contributed by atoms with Crippen LogP contribution in [0.3, 0.4) is 0 Å². The zero-order valence-corrected chi connectivity index (χ0v) is 23.4. The Kier molecular flexibility index (Phi) is 8.66. The minimum absolute atomic E-state index is 0.0275. The van der Waals surface area contributed by atoms with E-state index in [1.807, 2.05) is 0 Å². The highest BCUT2D eigenvalue weighted by Gasteiger charge is 2.36. The molecule has 228 valence electrons. The van der Waals surface area contributed by atoms with Crippen LogP contribution in [0.15, 0.2) is 60.4 Å². The molecule has 0 saturated carbocycles. The smallest absolute Gasteiger partial charge is 0.414 e. The monoisotopic (exact) mass is 600 g/mol. The number of alkyl carbamates (subject to hydrolysis) is 1. The van der Waals surface area contributed by atoms with Gasteiger partial charge in [-0.05, 0) is 25.2 Å². The third kappa shape index (κ3) is 6.63. The van der Waals surface area contributed by atoms with Crippen LogP contribution in [0.5, 0.6) is 0 Å². The van der Waals surface area contributed by atoms with Crippen LogP contribution < -0.4 is 10.6 Å². The van der Waals surface area contributed by atoms with Gasteiger partial charge in [-0.2, -0.15) is 0 Å². The Morgan fingerprint density at radius 3 is 2.67 bits per heavy atom. The molecule has 5 rings (SSSR count). The van der Waals surface area contributed by atoms with E-state index in [1.54, 1.807) is 33.5 Å². The third-order valence-corrected chi connectivity index (χ3v) is 7.25. The number of hydrogen-bond acceptors (Lipinski definition) is 9. The molecule has 2 unspecified atom stereocenters. The molecule has 3 atom stereocenters. The quantitative estimate of drug-likeness (QED) is 0.477. The van der Waals surface area contributed by atoms with Crippen molar-refractivity contribution in [2.45, 2.75) is 25.1 Å². The van der Waals surface area contributed by atoms with Crippen LogP contribution in [-0.4, -0.2) is 118 Å². The minimum Gasteiger partial charge on any atom is -0.453 e. The van der Waals surface area contributed by atoms with Gasteiger partial charge in [-0.1, -0.05) is 0 Å². The average molecular weight is 601 g/mol. The van der Waals surface area contributed by atoms with Gasteiger partial charge in [0.25, 0.3) is 5.91 Å². The van der Waals surface area contributed by atoms with Gasteiger partial charge in [0.05, 0.1) is 38.1 Å². The number of piperazine rings is 1. The molecular weight excluding hydrogens is 570 g/mol. The maximum absolute atomic E-state index is 15.4. The van der Waals surface area contributed by atoms with Crippen molar-refractivity contribution in [2.24, 2.45) is 0 Å². The van der Waals surface area contributed by atoms with Gasteiger partial charge in [0.2, 0.25) is 5.91 Å². The van der Waals surface area contributed by atoms with E-state index < -0.39 is 47.9 Å². The van der Waals surface area contributed by atoms with Gasteiger partial charge in [-0.25, -0.2) is 23.4 Å². The van der Waals surface area contributed by atoms with Crippen molar-refractivity contribution in [2.75, 3.05) is 46.4 Å². The van der Waals surface area contributed by atoms with Crippen LogP contribution >= 0.6 is 0 Å². The highest BCUT2D eigenvalue weighted by molar-refractivity contribution is 5.96. The molecule has 16 heteroatoms. The highest BCUT2D eigenvalue weighted by atomic mass is 19.1. The first-order chi connectivity index (χ1) is 20.6. The van der Waals surface area contributed by atoms with Crippen molar-refractivity contribution in [1.29, 1.82) is 0 Å². The highest BCUT2D eigenvalue weighted by Crippen LogP contribution is 2.28. The second kappa shape index (κ2) is 12.6. The number of imidazole rings is 1. The number of methoxy groups -OCH3 is 1. The van der Waals surface area contributed by atoms with E-state index in [0.717, 1.165) is 23.1 Å². The maximum atomic E-state index is 15.4. The van der Waals surface area contributed by atoms with E-state index in [-0.39, 0.29) is 56.6 Å². The Balaban J connectivity index is 1.16. The van der Waals surface area contributed by atoms with E-state index in [4.69, 9.17) is 4.74 Å². The van der Waals surface area contributed by atoms with E-state index in [0.29, 0.717) is 5.65 Å². The predicted molar refractivity (Wildman–Crippen MR) is 146 cm³/mol. The van der Waals surface area contributed by atoms with Crippen LogP contribution in [0.4, 0.5) is 18.4 Å². The number of aromatic nitrogens is 3. The Bertz CT molecular complexity index is 1480. The van der Waals surface area contributed by atoms with Crippen molar-refractivity contribution in [3.8, 4) is 0 Å². The summed E-state index contributed by atoms with van der Waals surface area (Å²) in [6.45, 7) is 2.45. The van der Waals surface area contributed by atoms with Gasteiger partial charge in [-0.3, -0.25) is 24.4 Å². The molecule has 4 heterocycles. The summed E-state index contributed by atoms with van der Waals surface area (Å²) in [5.41, 5.74) is 0.609. The molecule has 2 aromatic rings. The molecule has 14 nitrogen and oxygen atoms in total. The molecule has 2 saturated heterocycles. The number of hydrogen-bond donors (Lipinski definition) is 2. The number of fused-ring (bicyclic) bond motifs is 1. The second-order valence-corrected chi connectivity index (χ2v) is 10.1. The number of nitrogens with one attached hydrogen (secondary N) is 2. The fourth-order valence-electron chi connectivity index (χ4n) is 5.01. The number of amides is 4. The van der Waals surface area contributed by atoms with Crippen molar-refractivity contribution in [3.05, 3.63) is 66.1 Å². The number of ether oxygens (including phenoxy) is 2. The van der Waals surface area contributed by atoms with E-state index in [1.165, 1.54) is 19.5 Å². The Morgan fingerprint density at radius 2 is 1.95 bits per heavy atom. The number of nitrogens with zero attached hydrogens (tertiary/aromatic N) is 6. The minimum atomic E-state index is -1.05. The van der Waals surface area contributed by atoms with Crippen molar-refractivity contribution in [3.63, 3.8) is 0 Å². The molecule has 0 bridgehead atoms. The summed E-state index contributed by atoms with van der Waals surface area (Å²) >= 11 is 0. The molecule has 2 fully saturated rings. The first-order valence-electron chi connectivity index (χ1n) is 13.5. The molecule has 2 aliphatic heterocycles. The summed E-state index contributed by atoms with van der Waals surface area (Å²) in [7, 11) is 1.19. The fourth-order valence-corrected chi connectivity index (χ4v) is 5.01. The lowest BCUT2D eigenvalue weighted by molar-refractivity contribution is -0.134. The van der Waals surface area contributed by atoms with Gasteiger partial charge in [0.15, 0.2) is 5.65 Å². The van der Waals surface area contributed by atoms with E-state index in [2.05, 4.69) is 25.3 Å². The molecule has 2 N–H and O–H groups in total. The van der Waals surface area contributed by atoms with Crippen LogP contribution in [0.1, 0.15) is 17.4 Å². The Morgan fingerprint density at radius 1 is 1.19 bits per heavy atom. The molecular formula is C27H30F2N8O6. The topological polar surface area (TPSA) is 151 Å². The molecule has 0 spiro atoms. The first-order valence-corrected chi connectivity index (χ1v) is 13.5. The molecule has 4 amide bonds. The zero-order chi connectivity index (χ0) is 30.7. The van der Waals surface area contributed by atoms with Gasteiger partial charge in [-0.15, -0.1) is 0 Å². The lowest BCUT2D eigenvalue weighted by Gasteiger charge is -2.38. The summed E-state index contributed by atoms with van der Waals surface area (Å²) in [6.07, 6.45) is 7.27. The zero-order valence-electron chi connectivity index (χ0n) is 23.4. The van der Waals surface area contributed by atoms with Gasteiger partial charge in [0, 0.05) is 44.8 Å². The summed E-state index contributed by atoms with van der Waals surface area (Å²) < 4.78 is 41.6. The number of halogens is 2. The van der Waals surface area contributed by atoms with E-state index >= 15 is 4.39 Å². The fraction of sp³-hybridized carbons (Fsp3) is 0.407. The summed E-state index contributed by atoms with van der Waals surface area (Å²) in [4.78, 5) is 61.9. The molecule has 1 aliphatic carbocycles. The van der Waals surface area contributed by atoms with Crippen molar-refractivity contribution >= 4 is 29.6 Å². The third-order valence-electron chi connectivity index (χ3n) is 7.25. The number of carbonyl (C=O) groups is 4. The van der Waals surface area contributed by atoms with Crippen LogP contribution in [-0.2, 0) is 14.3 Å². The van der Waals surface area contributed by atoms with Gasteiger partial charge < -0.3 is 29.4 Å². The number of allylic oxidation sites excluding steroid dienone is 3. The predicted octanol–water partition coefficient (Wildman–Crippen LogP) is 1.14. The van der Waals surface area contributed by atoms with Crippen molar-refractivity contribution < 1.29 is 37.4 Å². The summed E-state index contributed by atoms with van der Waals surface area (Å²) in [5, 5.41) is 5.08. The molecule has 0 radical (unpaired) electrons. The number of rotatable bonds is 7. The lowest BCUT2D eigenvalue weighted by Crippen LogP contribution is -2.55. The van der Waals surface area contributed by atoms with Crippen LogP contribution in [0.25, 0.3) is 5.65 Å². The number of carbonyl (C=O) groups excluding carboxylic acids is 4. The largest absolute Gasteiger partial charge is 0.453 e.